The summed E-state index contributed by atoms with van der Waals surface area (Å²) in [6.45, 7) is 5.80. The van der Waals surface area contributed by atoms with Crippen LogP contribution in [-0.2, 0) is 21.4 Å². The Hall–Kier alpha value is -2.26. The smallest absolute Gasteiger partial charge is 0.255 e. The molecule has 1 fully saturated rings. The van der Waals surface area contributed by atoms with E-state index < -0.39 is 10.0 Å². The van der Waals surface area contributed by atoms with Crippen molar-refractivity contribution in [3.63, 3.8) is 0 Å². The van der Waals surface area contributed by atoms with Gasteiger partial charge in [-0.3, -0.25) is 4.79 Å². The van der Waals surface area contributed by atoms with Gasteiger partial charge in [0.15, 0.2) is 0 Å². The number of piperazine rings is 1. The first-order valence-electron chi connectivity index (χ1n) is 9.66. The highest BCUT2D eigenvalue weighted by atomic mass is 32.2. The Bertz CT molecular complexity index is 954. The molecule has 7 nitrogen and oxygen atoms in total. The molecule has 0 atom stereocenters. The first-order chi connectivity index (χ1) is 13.9. The molecule has 3 rings (SSSR count). The maximum atomic E-state index is 13.0. The van der Waals surface area contributed by atoms with Crippen molar-refractivity contribution < 1.29 is 17.9 Å². The number of sulfonamides is 1. The van der Waals surface area contributed by atoms with Crippen LogP contribution in [0.5, 0.6) is 0 Å². The molecule has 29 heavy (non-hydrogen) atoms. The average molecular weight is 418 g/mol. The lowest BCUT2D eigenvalue weighted by atomic mass is 10.1. The summed E-state index contributed by atoms with van der Waals surface area (Å²) < 4.78 is 32.6. The molecule has 2 aromatic rings. The van der Waals surface area contributed by atoms with Gasteiger partial charge in [-0.25, -0.2) is 8.42 Å². The number of anilines is 1. The molecule has 1 aliphatic heterocycles. The van der Waals surface area contributed by atoms with E-state index in [-0.39, 0.29) is 10.8 Å². The van der Waals surface area contributed by atoms with Gasteiger partial charge in [0, 0.05) is 44.5 Å². The highest BCUT2D eigenvalue weighted by molar-refractivity contribution is 7.89. The molecule has 1 aliphatic rings. The number of methoxy groups -OCH3 is 1. The molecule has 0 aromatic heterocycles. The fourth-order valence-electron chi connectivity index (χ4n) is 3.34. The van der Waals surface area contributed by atoms with Gasteiger partial charge >= 0.3 is 0 Å². The van der Waals surface area contributed by atoms with E-state index in [2.05, 4.69) is 17.1 Å². The topological polar surface area (TPSA) is 79.0 Å². The van der Waals surface area contributed by atoms with Crippen LogP contribution in [0.25, 0.3) is 0 Å². The number of carbonyl (C=O) groups is 1. The van der Waals surface area contributed by atoms with E-state index in [9.17, 15) is 13.2 Å². The number of hydrogen-bond acceptors (Lipinski definition) is 5. The molecule has 2 aromatic carbocycles. The number of benzene rings is 2. The predicted molar refractivity (Wildman–Crippen MR) is 112 cm³/mol. The van der Waals surface area contributed by atoms with Crippen LogP contribution in [0.1, 0.15) is 22.8 Å². The summed E-state index contributed by atoms with van der Waals surface area (Å²) in [6.07, 6.45) is 0. The SMILES string of the molecule is CCN1CCN(S(=O)(=O)c2cccc(NC(=O)c3cccc(COC)c3)c2)CC1. The Morgan fingerprint density at radius 1 is 1.07 bits per heavy atom. The van der Waals surface area contributed by atoms with Gasteiger partial charge in [0.1, 0.15) is 0 Å². The Morgan fingerprint density at radius 3 is 2.48 bits per heavy atom. The molecule has 1 amide bonds. The number of nitrogens with one attached hydrogen (secondary N) is 1. The second-order valence-electron chi connectivity index (χ2n) is 6.95. The summed E-state index contributed by atoms with van der Waals surface area (Å²) in [5, 5.41) is 2.79. The fourth-order valence-corrected chi connectivity index (χ4v) is 4.81. The summed E-state index contributed by atoms with van der Waals surface area (Å²) in [7, 11) is -1.99. The van der Waals surface area contributed by atoms with Crippen molar-refractivity contribution in [2.75, 3.05) is 45.2 Å². The van der Waals surface area contributed by atoms with Gasteiger partial charge in [-0.2, -0.15) is 4.31 Å². The largest absolute Gasteiger partial charge is 0.380 e. The number of carbonyl (C=O) groups excluding carboxylic acids is 1. The van der Waals surface area contributed by atoms with Crippen LogP contribution in [0.3, 0.4) is 0 Å². The van der Waals surface area contributed by atoms with Crippen LogP contribution >= 0.6 is 0 Å². The third kappa shape index (κ3) is 5.22. The zero-order valence-electron chi connectivity index (χ0n) is 16.8. The molecular weight excluding hydrogens is 390 g/mol. The molecule has 0 aliphatic carbocycles. The molecule has 0 unspecified atom stereocenters. The standard InChI is InChI=1S/C21H27N3O4S/c1-3-23-10-12-24(13-11-23)29(26,27)20-9-5-8-19(15-20)22-21(25)18-7-4-6-17(14-18)16-28-2/h4-9,14-15H,3,10-13,16H2,1-2H3,(H,22,25). The van der Waals surface area contributed by atoms with Gasteiger partial charge in [-0.05, 0) is 42.4 Å². The monoisotopic (exact) mass is 417 g/mol. The number of nitrogens with zero attached hydrogens (tertiary/aromatic N) is 2. The van der Waals surface area contributed by atoms with Crippen molar-refractivity contribution in [1.82, 2.24) is 9.21 Å². The van der Waals surface area contributed by atoms with E-state index in [1.807, 2.05) is 6.07 Å². The number of amides is 1. The molecule has 0 saturated carbocycles. The number of ether oxygens (including phenoxy) is 1. The average Bonchev–Trinajstić information content (AvgIpc) is 2.74. The summed E-state index contributed by atoms with van der Waals surface area (Å²) in [6, 6.07) is 13.5. The van der Waals surface area contributed by atoms with Gasteiger partial charge in [0.25, 0.3) is 5.91 Å². The second-order valence-corrected chi connectivity index (χ2v) is 8.89. The van der Waals surface area contributed by atoms with Gasteiger partial charge < -0.3 is 15.0 Å². The van der Waals surface area contributed by atoms with Gasteiger partial charge in [-0.15, -0.1) is 0 Å². The summed E-state index contributed by atoms with van der Waals surface area (Å²) in [4.78, 5) is 15.0. The minimum absolute atomic E-state index is 0.188. The number of rotatable bonds is 7. The van der Waals surface area contributed by atoms with Crippen LogP contribution in [0.2, 0.25) is 0 Å². The maximum absolute atomic E-state index is 13.0. The Labute approximate surface area is 172 Å². The summed E-state index contributed by atoms with van der Waals surface area (Å²) in [5.74, 6) is -0.297. The minimum atomic E-state index is -3.59. The summed E-state index contributed by atoms with van der Waals surface area (Å²) >= 11 is 0. The molecule has 0 bridgehead atoms. The zero-order valence-corrected chi connectivity index (χ0v) is 17.6. The van der Waals surface area contributed by atoms with E-state index >= 15 is 0 Å². The summed E-state index contributed by atoms with van der Waals surface area (Å²) in [5.41, 5.74) is 1.83. The Kier molecular flexibility index (Phi) is 7.02. The Balaban J connectivity index is 1.74. The molecule has 1 N–H and O–H groups in total. The third-order valence-corrected chi connectivity index (χ3v) is 6.90. The lowest BCUT2D eigenvalue weighted by Crippen LogP contribution is -2.48. The lowest BCUT2D eigenvalue weighted by Gasteiger charge is -2.33. The fraction of sp³-hybridized carbons (Fsp3) is 0.381. The number of likely N-dealkylation sites (N-methyl/N-ethyl adjacent to an activating group) is 1. The lowest BCUT2D eigenvalue weighted by molar-refractivity contribution is 0.102. The van der Waals surface area contributed by atoms with E-state index in [1.54, 1.807) is 43.5 Å². The molecule has 156 valence electrons. The molecule has 8 heteroatoms. The van der Waals surface area contributed by atoms with E-state index in [1.165, 1.54) is 10.4 Å². The quantitative estimate of drug-likeness (QED) is 0.749. The van der Waals surface area contributed by atoms with E-state index in [4.69, 9.17) is 4.74 Å². The molecule has 1 heterocycles. The van der Waals surface area contributed by atoms with Crippen LogP contribution in [0, 0.1) is 0 Å². The van der Waals surface area contributed by atoms with Crippen LogP contribution < -0.4 is 5.32 Å². The van der Waals surface area contributed by atoms with Crippen LogP contribution in [-0.4, -0.2) is 63.4 Å². The van der Waals surface area contributed by atoms with Gasteiger partial charge in [0.2, 0.25) is 10.0 Å². The third-order valence-electron chi connectivity index (χ3n) is 5.01. The normalized spacial score (nSPS) is 15.9. The highest BCUT2D eigenvalue weighted by Gasteiger charge is 2.28. The van der Waals surface area contributed by atoms with Crippen LogP contribution in [0.4, 0.5) is 5.69 Å². The van der Waals surface area contributed by atoms with Crippen molar-refractivity contribution in [2.24, 2.45) is 0 Å². The second kappa shape index (κ2) is 9.49. The first-order valence-corrected chi connectivity index (χ1v) is 11.1. The van der Waals surface area contributed by atoms with Crippen molar-refractivity contribution in [3.8, 4) is 0 Å². The van der Waals surface area contributed by atoms with E-state index in [0.29, 0.717) is 30.9 Å². The first kappa shape index (κ1) is 21.4. The van der Waals surface area contributed by atoms with Crippen molar-refractivity contribution >= 4 is 21.6 Å². The molecular formula is C21H27N3O4S. The van der Waals surface area contributed by atoms with Crippen molar-refractivity contribution in [3.05, 3.63) is 59.7 Å². The molecule has 0 radical (unpaired) electrons. The van der Waals surface area contributed by atoms with E-state index in [0.717, 1.165) is 25.2 Å². The van der Waals surface area contributed by atoms with Gasteiger partial charge in [0.05, 0.1) is 11.5 Å². The highest BCUT2D eigenvalue weighted by Crippen LogP contribution is 2.21. The van der Waals surface area contributed by atoms with Crippen molar-refractivity contribution in [2.45, 2.75) is 18.4 Å². The van der Waals surface area contributed by atoms with Gasteiger partial charge in [-0.1, -0.05) is 25.1 Å². The number of hydrogen-bond donors (Lipinski definition) is 1. The molecule has 0 spiro atoms. The maximum Gasteiger partial charge on any atom is 0.255 e. The predicted octanol–water partition coefficient (Wildman–Crippen LogP) is 2.41. The van der Waals surface area contributed by atoms with Crippen LogP contribution in [0.15, 0.2) is 53.4 Å². The Morgan fingerprint density at radius 2 is 1.79 bits per heavy atom. The van der Waals surface area contributed by atoms with Crippen molar-refractivity contribution in [1.29, 1.82) is 0 Å². The molecule has 1 saturated heterocycles. The zero-order chi connectivity index (χ0) is 20.9. The minimum Gasteiger partial charge on any atom is -0.380 e.